The summed E-state index contributed by atoms with van der Waals surface area (Å²) in [4.78, 5) is 124. The number of benzene rings is 4. The zero-order chi connectivity index (χ0) is 89.8. The lowest BCUT2D eigenvalue weighted by Gasteiger charge is -2.46. The summed E-state index contributed by atoms with van der Waals surface area (Å²) in [7, 11) is 1.58. The van der Waals surface area contributed by atoms with E-state index in [-0.39, 0.29) is 110 Å². The van der Waals surface area contributed by atoms with Crippen LogP contribution < -0.4 is 15.8 Å². The van der Waals surface area contributed by atoms with Gasteiger partial charge in [0.1, 0.15) is 28.9 Å². The highest BCUT2D eigenvalue weighted by Gasteiger charge is 2.54. The van der Waals surface area contributed by atoms with Gasteiger partial charge in [-0.2, -0.15) is 4.98 Å². The zero-order valence-electron chi connectivity index (χ0n) is 72.9. The first-order valence-corrected chi connectivity index (χ1v) is 42.8. The van der Waals surface area contributed by atoms with Crippen molar-refractivity contribution in [2.24, 2.45) is 53.1 Å². The third kappa shape index (κ3) is 15.7. The first kappa shape index (κ1) is 87.4. The van der Waals surface area contributed by atoms with E-state index >= 15 is 8.78 Å². The Balaban J connectivity index is 0.000000131. The number of halogens is 2. The molecule has 0 radical (unpaired) electrons. The summed E-state index contributed by atoms with van der Waals surface area (Å²) in [5, 5.41) is 4.53. The first-order chi connectivity index (χ1) is 60.3. The lowest BCUT2D eigenvalue weighted by atomic mass is 9.58. The first-order valence-electron chi connectivity index (χ1n) is 42.8. The maximum absolute atomic E-state index is 15.1. The Labute approximate surface area is 731 Å². The van der Waals surface area contributed by atoms with E-state index in [0.717, 1.165) is 116 Å². The number of Topliss-reactive ketones (excluding diaryl/α,β-unsaturated/α-hetero) is 4. The number of para-hydroxylation sites is 2. The number of methoxy groups -OCH3 is 1. The minimum absolute atomic E-state index is 0.00611. The van der Waals surface area contributed by atoms with E-state index in [1.807, 2.05) is 129 Å². The zero-order valence-corrected chi connectivity index (χ0v) is 72.9. The highest BCUT2D eigenvalue weighted by molar-refractivity contribution is 6.03. The predicted octanol–water partition coefficient (Wildman–Crippen LogP) is 18.2. The third-order valence-electron chi connectivity index (χ3n) is 27.2. The molecule has 1 amide bonds. The largest absolute Gasteiger partial charge is 0.481 e. The number of hydrogen-bond donors (Lipinski definition) is 2. The third-order valence-corrected chi connectivity index (χ3v) is 27.2. The van der Waals surface area contributed by atoms with E-state index in [9.17, 15) is 24.0 Å². The van der Waals surface area contributed by atoms with Crippen molar-refractivity contribution in [3.8, 4) is 51.2 Å². The number of alkyl carbamates (subject to hydrolysis) is 1. The minimum atomic E-state index is -0.651. The number of pyridine rings is 2. The number of ketones is 4. The summed E-state index contributed by atoms with van der Waals surface area (Å²) in [5.41, 5.74) is 17.0. The maximum atomic E-state index is 15.1. The van der Waals surface area contributed by atoms with E-state index in [1.54, 1.807) is 74.1 Å². The molecule has 18 rings (SSSR count). The van der Waals surface area contributed by atoms with Crippen LogP contribution in [0.1, 0.15) is 164 Å². The molecule has 3 N–H and O–H groups in total. The van der Waals surface area contributed by atoms with E-state index in [0.29, 0.717) is 91.1 Å². The van der Waals surface area contributed by atoms with Crippen molar-refractivity contribution in [1.82, 2.24) is 55.2 Å². The molecule has 25 heteroatoms. The van der Waals surface area contributed by atoms with Gasteiger partial charge in [-0.05, 0) is 163 Å². The van der Waals surface area contributed by atoms with Gasteiger partial charge >= 0.3 is 6.09 Å². The molecule has 6 aromatic heterocycles. The number of aromatic nitrogens is 10. The van der Waals surface area contributed by atoms with Crippen molar-refractivity contribution in [3.05, 3.63) is 288 Å². The van der Waals surface area contributed by atoms with Gasteiger partial charge in [-0.15, -0.1) is 0 Å². The average Bonchev–Trinajstić information content (AvgIpc) is 0.669. The molecule has 4 aromatic carbocycles. The van der Waals surface area contributed by atoms with Crippen molar-refractivity contribution in [2.45, 2.75) is 175 Å². The van der Waals surface area contributed by atoms with Crippen LogP contribution in [0.3, 0.4) is 0 Å². The predicted molar refractivity (Wildman–Crippen MR) is 474 cm³/mol. The number of fused-ring (bicyclic) bond motifs is 14. The molecular formula is C101H98F2N16O7. The molecule has 0 saturated carbocycles. The van der Waals surface area contributed by atoms with Gasteiger partial charge in [0.2, 0.25) is 28.7 Å². The number of carbonyl (C=O) groups is 5. The Hall–Kier alpha value is -13.5. The highest BCUT2D eigenvalue weighted by Crippen LogP contribution is 2.56. The van der Waals surface area contributed by atoms with Gasteiger partial charge < -0.3 is 39.7 Å². The van der Waals surface area contributed by atoms with Crippen LogP contribution in [0.25, 0.3) is 86.5 Å². The number of rotatable bonds is 10. The van der Waals surface area contributed by atoms with Gasteiger partial charge in [0, 0.05) is 133 Å². The fourth-order valence-corrected chi connectivity index (χ4v) is 20.9. The number of nitrogens with one attached hydrogen (secondary N) is 1. The molecule has 126 heavy (non-hydrogen) atoms. The number of allylic oxidation sites excluding steroid dienone is 8. The van der Waals surface area contributed by atoms with Gasteiger partial charge in [0.05, 0.1) is 78.6 Å². The van der Waals surface area contributed by atoms with Crippen molar-refractivity contribution < 1.29 is 42.2 Å². The van der Waals surface area contributed by atoms with E-state index < -0.39 is 27.9 Å². The normalized spacial score (nSPS) is 24.6. The van der Waals surface area contributed by atoms with Crippen LogP contribution in [-0.2, 0) is 84.1 Å². The molecule has 0 fully saturated rings. The Kier molecular flexibility index (Phi) is 24.0. The number of amides is 1. The van der Waals surface area contributed by atoms with Crippen molar-refractivity contribution in [3.63, 3.8) is 0 Å². The van der Waals surface area contributed by atoms with Crippen LogP contribution in [-0.4, -0.2) is 105 Å². The van der Waals surface area contributed by atoms with Crippen LogP contribution in [0.4, 0.5) is 13.6 Å². The molecule has 12 atom stereocenters. The van der Waals surface area contributed by atoms with Crippen LogP contribution in [0.5, 0.6) is 5.88 Å². The molecule has 23 nitrogen and oxygen atoms in total. The van der Waals surface area contributed by atoms with E-state index in [1.165, 1.54) is 17.7 Å². The Morgan fingerprint density at radius 3 is 1.21 bits per heavy atom. The second-order valence-electron chi connectivity index (χ2n) is 35.8. The molecule has 0 saturated heterocycles. The molecule has 0 spiro atoms. The second kappa shape index (κ2) is 34.6. The molecule has 10 aromatic rings. The number of nitrogens with zero attached hydrogens (tertiary/aromatic N) is 14. The van der Waals surface area contributed by atoms with E-state index in [4.69, 9.17) is 71.4 Å². The minimum Gasteiger partial charge on any atom is -0.481 e. The average molecular weight is 1690 g/mol. The standard InChI is InChI=1S/2C30H23FN4O.C23H30N4O4.C18H22N4O/c2*1-17-22-13-12-21-26(20-9-4-6-10-23(20)31)34-29(19-14-15-33-24-11-7-5-8-18(19)24)35-28(21)30(22,2)16-25(32-3)27(17)36;1-13-15-9-8-14-19(23(15,5)12-16(24-6)18(13)28)26-17(27-20(14)30-7)10-11-25-21(29)31-22(2,3)4;1-10-13-6-5-12-11(2)21-15(7-8-19)22-17(12)18(13,3)9-14(20-4)16(10)23/h2*4-11,14-17,22H,12-13H2,1-2H3;12-13,15H,8-11H2,1-5,7H3,(H,25,29);9-10,13H,5-8,19H2,1-3H3/t17-,22+,30-;17-,22-,30+;13-,15-,23-;10-,13-,18-/m1011/s1. The number of nitrogens with two attached hydrogens (primary N) is 1. The number of ether oxygens (including phenoxy) is 2. The van der Waals surface area contributed by atoms with Crippen LogP contribution in [0.15, 0.2) is 169 Å². The Morgan fingerprint density at radius 1 is 0.476 bits per heavy atom. The number of hydrogen-bond acceptors (Lipinski definition) is 18. The van der Waals surface area contributed by atoms with Gasteiger partial charge in [-0.25, -0.2) is 67.8 Å². The molecule has 638 valence electrons. The summed E-state index contributed by atoms with van der Waals surface area (Å²) in [6, 6.07) is 32.7. The molecular weight excluding hydrogens is 1590 g/mol. The van der Waals surface area contributed by atoms with Gasteiger partial charge in [-0.1, -0.05) is 140 Å². The lowest BCUT2D eigenvalue weighted by Crippen LogP contribution is -2.46. The number of carbonyl (C=O) groups excluding carboxylic acids is 5. The fraction of sp³-hybridized carbons (Fsp3) is 0.376. The van der Waals surface area contributed by atoms with Crippen molar-refractivity contribution in [2.75, 3.05) is 20.2 Å². The summed E-state index contributed by atoms with van der Waals surface area (Å²) >= 11 is 0. The SMILES string of the molecule is [C-]#[N+]C1=C[C@@]2(C)c3nc(-c4ccnc5ccccc45)nc(-c4ccccc4F)c3CC[C@H]2[C@@H](C)C1=O.[C-]#[N+]C1=C[C@@]2(C)c3nc(-c4ccnc5ccccc45)nc(-c4ccccc4F)c3CC[C@H]2[C@H](C)C1=O.[C-]#[N+]C1=C[C@@]2(C)c3nc(CCN)nc(C)c3CC[C@@H]2[C@@H](C)C1=O.[C-]#[N+]C1=C[C@@]2(C)c3nc(CCNC(=O)OC(C)(C)C)nc(OC)c3CC[C@@H]2[C@@H](C)C1=O. The molecule has 8 aliphatic carbocycles. The molecule has 0 bridgehead atoms. The van der Waals surface area contributed by atoms with Gasteiger partial charge in [0.15, 0.2) is 34.8 Å². The Bertz CT molecular complexity index is 6250. The van der Waals surface area contributed by atoms with Crippen molar-refractivity contribution >= 4 is 51.0 Å². The summed E-state index contributed by atoms with van der Waals surface area (Å²) in [6.07, 6.45) is 17.3. The van der Waals surface area contributed by atoms with Gasteiger partial charge in [0.25, 0.3) is 0 Å². The van der Waals surface area contributed by atoms with Crippen LogP contribution in [0, 0.1) is 92.2 Å². The smallest absolute Gasteiger partial charge is 0.407 e. The van der Waals surface area contributed by atoms with Gasteiger partial charge in [-0.3, -0.25) is 9.97 Å². The highest BCUT2D eigenvalue weighted by atomic mass is 19.1. The summed E-state index contributed by atoms with van der Waals surface area (Å²) in [5.74, 6) is 0.987. The van der Waals surface area contributed by atoms with E-state index in [2.05, 4.69) is 65.4 Å². The second-order valence-corrected chi connectivity index (χ2v) is 35.8. The Morgan fingerprint density at radius 2 is 0.833 bits per heavy atom. The summed E-state index contributed by atoms with van der Waals surface area (Å²) in [6.45, 7) is 54.2. The lowest BCUT2D eigenvalue weighted by molar-refractivity contribution is -0.122. The molecule has 6 heterocycles. The monoisotopic (exact) mass is 1680 g/mol. The number of aryl methyl sites for hydroxylation is 1. The molecule has 0 unspecified atom stereocenters. The maximum Gasteiger partial charge on any atom is 0.407 e. The molecule has 0 aliphatic heterocycles. The molecule has 8 aliphatic rings. The van der Waals surface area contributed by atoms with Crippen molar-refractivity contribution in [1.29, 1.82) is 0 Å². The van der Waals surface area contributed by atoms with Crippen LogP contribution >= 0.6 is 0 Å². The topological polar surface area (TPSA) is 288 Å². The summed E-state index contributed by atoms with van der Waals surface area (Å²) < 4.78 is 41.1. The van der Waals surface area contributed by atoms with Crippen LogP contribution in [0.2, 0.25) is 0 Å². The fourth-order valence-electron chi connectivity index (χ4n) is 20.9. The quantitative estimate of drug-likeness (QED) is 0.120.